The molecule has 3 aromatic rings. The van der Waals surface area contributed by atoms with Gasteiger partial charge in [-0.05, 0) is 40.6 Å². The number of hydrogen-bond acceptors (Lipinski definition) is 2. The molecule has 0 aliphatic carbocycles. The number of carbonyl (C=O) groups excluding carboxylic acids is 1. The van der Waals surface area contributed by atoms with E-state index in [0.29, 0.717) is 18.0 Å². The number of benzene rings is 3. The molecular weight excluding hydrogens is 369 g/mol. The van der Waals surface area contributed by atoms with Gasteiger partial charge in [0.1, 0.15) is 5.82 Å². The van der Waals surface area contributed by atoms with E-state index in [2.05, 4.69) is 6.07 Å². The van der Waals surface area contributed by atoms with Gasteiger partial charge in [-0.1, -0.05) is 66.7 Å². The van der Waals surface area contributed by atoms with Crippen molar-refractivity contribution in [3.05, 3.63) is 112 Å². The van der Waals surface area contributed by atoms with E-state index < -0.39 is 0 Å². The second-order valence-corrected chi connectivity index (χ2v) is 7.54. The summed E-state index contributed by atoms with van der Waals surface area (Å²) in [7, 11) is 0. The molecule has 0 unspecified atom stereocenters. The lowest BCUT2D eigenvalue weighted by molar-refractivity contribution is -0.127. The third-order valence-electron chi connectivity index (χ3n) is 4.91. The lowest BCUT2D eigenvalue weighted by Crippen LogP contribution is -2.29. The van der Waals surface area contributed by atoms with Gasteiger partial charge in [0.2, 0.25) is 0 Å². The fraction of sp³-hybridized carbons (Fsp3) is 0.125. The van der Waals surface area contributed by atoms with Gasteiger partial charge in [0.05, 0.1) is 4.91 Å². The van der Waals surface area contributed by atoms with Crippen LogP contribution in [0.3, 0.4) is 0 Å². The highest BCUT2D eigenvalue weighted by molar-refractivity contribution is 8.03. The number of carbonyl (C=O) groups is 1. The maximum atomic E-state index is 13.5. The predicted molar refractivity (Wildman–Crippen MR) is 113 cm³/mol. The van der Waals surface area contributed by atoms with Crippen LogP contribution in [0.15, 0.2) is 83.8 Å². The predicted octanol–water partition coefficient (Wildman–Crippen LogP) is 5.49. The molecule has 4 heteroatoms. The van der Waals surface area contributed by atoms with Gasteiger partial charge in [0.15, 0.2) is 0 Å². The van der Waals surface area contributed by atoms with Crippen LogP contribution in [0.5, 0.6) is 0 Å². The van der Waals surface area contributed by atoms with Crippen molar-refractivity contribution >= 4 is 23.2 Å². The van der Waals surface area contributed by atoms with Crippen LogP contribution in [0.4, 0.5) is 4.39 Å². The van der Waals surface area contributed by atoms with Crippen LogP contribution >= 0.6 is 11.8 Å². The summed E-state index contributed by atoms with van der Waals surface area (Å²) < 4.78 is 13.5. The number of hydrogen-bond donors (Lipinski definition) is 0. The van der Waals surface area contributed by atoms with Gasteiger partial charge in [-0.15, -0.1) is 11.8 Å². The van der Waals surface area contributed by atoms with Crippen LogP contribution in [0.25, 0.3) is 5.57 Å². The van der Waals surface area contributed by atoms with E-state index in [9.17, 15) is 9.18 Å². The second-order valence-electron chi connectivity index (χ2n) is 6.72. The molecule has 0 radical (unpaired) electrons. The van der Waals surface area contributed by atoms with Gasteiger partial charge in [-0.25, -0.2) is 4.39 Å². The van der Waals surface area contributed by atoms with Crippen molar-refractivity contribution in [2.24, 2.45) is 0 Å². The molecule has 2 nitrogen and oxygen atoms in total. The average Bonchev–Trinajstić information content (AvgIpc) is 2.84. The Hall–Kier alpha value is -2.85. The fourth-order valence-electron chi connectivity index (χ4n) is 3.58. The summed E-state index contributed by atoms with van der Waals surface area (Å²) >= 11 is 1.45. The zero-order valence-electron chi connectivity index (χ0n) is 15.6. The first-order valence-corrected chi connectivity index (χ1v) is 10.4. The smallest absolute Gasteiger partial charge is 0.261 e. The molecule has 4 rings (SSSR count). The standard InChI is InChI=1S/C24H20FNOS/c1-28-23-22(18-11-13-20(25)14-12-18)21-10-6-5-9-19(21)16-26(24(23)27)15-17-7-3-2-4-8-17/h2-14H,15-16H2,1H3. The van der Waals surface area contributed by atoms with E-state index in [0.717, 1.165) is 27.8 Å². The van der Waals surface area contributed by atoms with Crippen LogP contribution in [0, 0.1) is 5.82 Å². The van der Waals surface area contributed by atoms with Gasteiger partial charge in [0.25, 0.3) is 5.91 Å². The zero-order valence-corrected chi connectivity index (χ0v) is 16.4. The summed E-state index contributed by atoms with van der Waals surface area (Å²) in [5.74, 6) is -0.277. The molecule has 0 saturated carbocycles. The molecular formula is C24H20FNOS. The summed E-state index contributed by atoms with van der Waals surface area (Å²) in [6, 6.07) is 24.5. The SMILES string of the molecule is CSC1=C(c2ccc(F)cc2)c2ccccc2CN(Cc2ccccc2)C1=O. The van der Waals surface area contributed by atoms with Gasteiger partial charge in [0, 0.05) is 18.7 Å². The van der Waals surface area contributed by atoms with Gasteiger partial charge in [-0.2, -0.15) is 0 Å². The van der Waals surface area contributed by atoms with Crippen molar-refractivity contribution in [3.63, 3.8) is 0 Å². The third kappa shape index (κ3) is 3.60. The van der Waals surface area contributed by atoms with Crippen LogP contribution in [-0.2, 0) is 17.9 Å². The minimum atomic E-state index is -0.283. The topological polar surface area (TPSA) is 20.3 Å². The van der Waals surface area contributed by atoms with Crippen LogP contribution in [0.2, 0.25) is 0 Å². The Kier molecular flexibility index (Phi) is 5.31. The Labute approximate surface area is 168 Å². The lowest BCUT2D eigenvalue weighted by Gasteiger charge is -2.22. The number of halogens is 1. The van der Waals surface area contributed by atoms with E-state index in [1.807, 2.05) is 59.7 Å². The summed E-state index contributed by atoms with van der Waals surface area (Å²) in [5.41, 5.74) is 4.95. The monoisotopic (exact) mass is 389 g/mol. The Morgan fingerprint density at radius 2 is 1.61 bits per heavy atom. The Bertz CT molecular complexity index is 1030. The number of rotatable bonds is 4. The van der Waals surface area contributed by atoms with Crippen LogP contribution < -0.4 is 0 Å². The molecule has 0 spiro atoms. The quantitative estimate of drug-likeness (QED) is 0.588. The van der Waals surface area contributed by atoms with Crippen molar-refractivity contribution in [3.8, 4) is 0 Å². The van der Waals surface area contributed by atoms with Gasteiger partial charge >= 0.3 is 0 Å². The summed E-state index contributed by atoms with van der Waals surface area (Å²) in [6.07, 6.45) is 1.92. The maximum absolute atomic E-state index is 13.5. The summed E-state index contributed by atoms with van der Waals surface area (Å²) in [5, 5.41) is 0. The maximum Gasteiger partial charge on any atom is 0.261 e. The van der Waals surface area contributed by atoms with Crippen LogP contribution in [-0.4, -0.2) is 17.1 Å². The summed E-state index contributed by atoms with van der Waals surface area (Å²) in [4.78, 5) is 16.0. The van der Waals surface area contributed by atoms with E-state index in [4.69, 9.17) is 0 Å². The Morgan fingerprint density at radius 3 is 2.32 bits per heavy atom. The first kappa shape index (κ1) is 18.5. The number of amides is 1. The molecule has 0 aromatic heterocycles. The van der Waals surface area contributed by atoms with E-state index >= 15 is 0 Å². The minimum Gasteiger partial charge on any atom is -0.330 e. The second kappa shape index (κ2) is 8.03. The van der Waals surface area contributed by atoms with E-state index in [-0.39, 0.29) is 11.7 Å². The van der Waals surface area contributed by atoms with E-state index in [1.165, 1.54) is 23.9 Å². The van der Waals surface area contributed by atoms with Crippen molar-refractivity contribution in [2.75, 3.05) is 6.26 Å². The molecule has 0 atom stereocenters. The largest absolute Gasteiger partial charge is 0.330 e. The van der Waals surface area contributed by atoms with Crippen molar-refractivity contribution in [2.45, 2.75) is 13.1 Å². The Balaban J connectivity index is 1.86. The number of nitrogens with zero attached hydrogens (tertiary/aromatic N) is 1. The molecule has 1 amide bonds. The van der Waals surface area contributed by atoms with Crippen molar-refractivity contribution < 1.29 is 9.18 Å². The number of fused-ring (bicyclic) bond motifs is 1. The molecule has 1 aliphatic rings. The molecule has 0 bridgehead atoms. The molecule has 0 saturated heterocycles. The third-order valence-corrected chi connectivity index (χ3v) is 5.70. The molecule has 0 fully saturated rings. The van der Waals surface area contributed by atoms with Gasteiger partial charge < -0.3 is 4.90 Å². The molecule has 1 aliphatic heterocycles. The lowest BCUT2D eigenvalue weighted by atomic mass is 9.94. The summed E-state index contributed by atoms with van der Waals surface area (Å²) in [6.45, 7) is 1.09. The van der Waals surface area contributed by atoms with Crippen LogP contribution in [0.1, 0.15) is 22.3 Å². The van der Waals surface area contributed by atoms with Gasteiger partial charge in [-0.3, -0.25) is 4.79 Å². The normalized spacial score (nSPS) is 14.1. The molecule has 140 valence electrons. The average molecular weight is 389 g/mol. The highest BCUT2D eigenvalue weighted by Crippen LogP contribution is 2.38. The molecule has 0 N–H and O–H groups in total. The van der Waals surface area contributed by atoms with Crippen molar-refractivity contribution in [1.29, 1.82) is 0 Å². The highest BCUT2D eigenvalue weighted by Gasteiger charge is 2.28. The fourth-order valence-corrected chi connectivity index (χ4v) is 4.31. The van der Waals surface area contributed by atoms with Crippen molar-refractivity contribution in [1.82, 2.24) is 4.90 Å². The minimum absolute atomic E-state index is 0.00637. The number of thioether (sulfide) groups is 1. The first-order chi connectivity index (χ1) is 13.7. The highest BCUT2D eigenvalue weighted by atomic mass is 32.2. The molecule has 3 aromatic carbocycles. The Morgan fingerprint density at radius 1 is 0.929 bits per heavy atom. The first-order valence-electron chi connectivity index (χ1n) is 9.13. The van der Waals surface area contributed by atoms with E-state index in [1.54, 1.807) is 12.1 Å². The molecule has 1 heterocycles. The zero-order chi connectivity index (χ0) is 19.5. The molecule has 28 heavy (non-hydrogen) atoms.